The summed E-state index contributed by atoms with van der Waals surface area (Å²) in [6.45, 7) is 11.7. The highest BCUT2D eigenvalue weighted by atomic mass is 16.8. The number of esters is 3. The lowest BCUT2D eigenvalue weighted by atomic mass is 9.95. The number of hydrogen-bond donors (Lipinski definition) is 9. The Morgan fingerprint density at radius 3 is 1.53 bits per heavy atom. The van der Waals surface area contributed by atoms with Gasteiger partial charge >= 0.3 is 17.9 Å². The molecule has 6 fully saturated rings. The Hall–Kier alpha value is -2.35. The number of aliphatic hydroxyl groups excluding tert-OH is 9. The Balaban J connectivity index is 1.32. The number of carbonyl (C=O) groups is 3. The van der Waals surface area contributed by atoms with Gasteiger partial charge in [0.25, 0.3) is 0 Å². The van der Waals surface area contributed by atoms with Crippen LogP contribution in [0.2, 0.25) is 0 Å². The molecular weight excluding hydrogens is 1190 g/mol. The molecule has 0 bridgehead atoms. The number of ether oxygens (including phenoxy) is 13. The highest BCUT2D eigenvalue weighted by molar-refractivity contribution is 5.70. The minimum atomic E-state index is -2.01. The Morgan fingerprint density at radius 1 is 0.418 bits per heavy atom. The Morgan fingerprint density at radius 2 is 0.901 bits per heavy atom. The van der Waals surface area contributed by atoms with Gasteiger partial charge in [0.2, 0.25) is 0 Å². The molecule has 6 heterocycles. The lowest BCUT2D eigenvalue weighted by Gasteiger charge is -2.51. The third-order valence-corrected chi connectivity index (χ3v) is 18.7. The normalized spacial score (nSPS) is 40.0. The molecule has 0 aromatic rings. The number of rotatable bonds is 29. The number of fused-ring (bicyclic) bond motifs is 2. The van der Waals surface area contributed by atoms with E-state index in [0.29, 0.717) is 38.5 Å². The molecule has 9 N–H and O–H groups in total. The molecule has 6 saturated heterocycles. The van der Waals surface area contributed by atoms with Gasteiger partial charge in [0.15, 0.2) is 49.8 Å². The van der Waals surface area contributed by atoms with Crippen molar-refractivity contribution in [3.8, 4) is 0 Å². The lowest BCUT2D eigenvalue weighted by molar-refractivity contribution is -0.400. The molecule has 0 spiro atoms. The van der Waals surface area contributed by atoms with Crippen molar-refractivity contribution in [1.82, 2.24) is 0 Å². The average molecular weight is 1310 g/mol. The average Bonchev–Trinajstić information content (AvgIpc) is 0.819. The molecule has 0 saturated carbocycles. The number of aliphatic hydroxyl groups is 9. The van der Waals surface area contributed by atoms with E-state index in [-0.39, 0.29) is 25.4 Å². The second-order valence-corrected chi connectivity index (χ2v) is 26.3. The first kappa shape index (κ1) is 77.7. The number of unbranched alkanes of at least 4 members (excludes halogenated alkanes) is 14. The summed E-state index contributed by atoms with van der Waals surface area (Å²) in [7, 11) is 0. The first-order chi connectivity index (χ1) is 43.7. The fraction of sp³-hybridized carbons (Fsp3) is 0.955. The zero-order valence-electron chi connectivity index (χ0n) is 55.3. The monoisotopic (exact) mass is 1310 g/mol. The SMILES string of the molecule is CCCCCCCCCC(=O)OC1C(C)OC(OC2C(C)OC(OC3C(C)OC4OC5C(OC(CCCCC)CCCCCCCCCC(=O)OC4C3O)OC(C)C(O)C5O)C(OC(=O)CCCCCCCCC)C2OC2OC(CO)C(O)C(O)C2O)C(O)C1O. The van der Waals surface area contributed by atoms with Crippen molar-refractivity contribution >= 4 is 17.9 Å². The van der Waals surface area contributed by atoms with Crippen LogP contribution in [-0.2, 0) is 76.0 Å². The van der Waals surface area contributed by atoms with Crippen LogP contribution in [0, 0.1) is 0 Å². The van der Waals surface area contributed by atoms with Gasteiger partial charge in [-0.1, -0.05) is 156 Å². The summed E-state index contributed by atoms with van der Waals surface area (Å²) >= 11 is 0. The zero-order chi connectivity index (χ0) is 66.1. The first-order valence-electron chi connectivity index (χ1n) is 34.9. The molecule has 0 aromatic carbocycles. The van der Waals surface area contributed by atoms with Crippen molar-refractivity contribution in [2.75, 3.05) is 6.61 Å². The van der Waals surface area contributed by atoms with Crippen molar-refractivity contribution in [2.45, 2.75) is 394 Å². The summed E-state index contributed by atoms with van der Waals surface area (Å²) in [5, 5.41) is 103. The molecule has 0 radical (unpaired) electrons. The van der Waals surface area contributed by atoms with E-state index in [4.69, 9.17) is 61.6 Å². The summed E-state index contributed by atoms with van der Waals surface area (Å²) in [6, 6.07) is 0. The van der Waals surface area contributed by atoms with Crippen LogP contribution in [0.4, 0.5) is 0 Å². The van der Waals surface area contributed by atoms with E-state index in [2.05, 4.69) is 20.8 Å². The highest BCUT2D eigenvalue weighted by Gasteiger charge is 2.59. The predicted octanol–water partition coefficient (Wildman–Crippen LogP) is 5.62. The van der Waals surface area contributed by atoms with Crippen LogP contribution in [0.5, 0.6) is 0 Å². The highest BCUT2D eigenvalue weighted by Crippen LogP contribution is 2.39. The maximum absolute atomic E-state index is 14.3. The molecule has 6 aliphatic rings. The van der Waals surface area contributed by atoms with Gasteiger partial charge in [-0.05, 0) is 59.8 Å². The fourth-order valence-corrected chi connectivity index (χ4v) is 13.0. The van der Waals surface area contributed by atoms with Gasteiger partial charge in [-0.2, -0.15) is 0 Å². The predicted molar refractivity (Wildman–Crippen MR) is 326 cm³/mol. The molecule has 0 aliphatic carbocycles. The van der Waals surface area contributed by atoms with Crippen LogP contribution < -0.4 is 0 Å². The van der Waals surface area contributed by atoms with E-state index in [0.717, 1.165) is 128 Å². The van der Waals surface area contributed by atoms with Gasteiger partial charge in [-0.15, -0.1) is 0 Å². The number of hydrogen-bond acceptors (Lipinski definition) is 25. The summed E-state index contributed by atoms with van der Waals surface area (Å²) in [4.78, 5) is 41.4. The maximum atomic E-state index is 14.3. The third-order valence-electron chi connectivity index (χ3n) is 18.7. The van der Waals surface area contributed by atoms with Crippen molar-refractivity contribution in [3.05, 3.63) is 0 Å². The molecular formula is C66H116O25. The lowest BCUT2D eigenvalue weighted by Crippen LogP contribution is -2.68. The van der Waals surface area contributed by atoms with Gasteiger partial charge in [0, 0.05) is 19.3 Å². The summed E-state index contributed by atoms with van der Waals surface area (Å²) in [5.41, 5.74) is 0. The van der Waals surface area contributed by atoms with Gasteiger partial charge in [0.1, 0.15) is 79.4 Å². The maximum Gasteiger partial charge on any atom is 0.306 e. The van der Waals surface area contributed by atoms with Crippen LogP contribution in [0.1, 0.15) is 235 Å². The second-order valence-electron chi connectivity index (χ2n) is 26.3. The minimum Gasteiger partial charge on any atom is -0.457 e. The Kier molecular flexibility index (Phi) is 34.5. The van der Waals surface area contributed by atoms with Crippen molar-refractivity contribution in [2.24, 2.45) is 0 Å². The first-order valence-corrected chi connectivity index (χ1v) is 34.9. The molecule has 530 valence electrons. The van der Waals surface area contributed by atoms with E-state index in [9.17, 15) is 60.3 Å². The van der Waals surface area contributed by atoms with E-state index in [1.165, 1.54) is 20.8 Å². The van der Waals surface area contributed by atoms with Crippen LogP contribution in [-0.4, -0.2) is 230 Å². The summed E-state index contributed by atoms with van der Waals surface area (Å²) < 4.78 is 82.4. The molecule has 26 atom stereocenters. The Labute approximate surface area is 539 Å². The Bertz CT molecular complexity index is 2040. The molecule has 25 heteroatoms. The smallest absolute Gasteiger partial charge is 0.306 e. The van der Waals surface area contributed by atoms with Gasteiger partial charge < -0.3 is 108 Å². The quantitative estimate of drug-likeness (QED) is 0.0249. The molecule has 6 rings (SSSR count). The van der Waals surface area contributed by atoms with Crippen molar-refractivity contribution in [3.63, 3.8) is 0 Å². The summed E-state index contributed by atoms with van der Waals surface area (Å²) in [5.74, 6) is -2.08. The van der Waals surface area contributed by atoms with Crippen LogP contribution in [0.3, 0.4) is 0 Å². The van der Waals surface area contributed by atoms with Crippen molar-refractivity contribution < 1.29 is 122 Å². The van der Waals surface area contributed by atoms with Gasteiger partial charge in [-0.25, -0.2) is 0 Å². The van der Waals surface area contributed by atoms with Crippen LogP contribution in [0.15, 0.2) is 0 Å². The largest absolute Gasteiger partial charge is 0.457 e. The van der Waals surface area contributed by atoms with Crippen LogP contribution in [0.25, 0.3) is 0 Å². The van der Waals surface area contributed by atoms with E-state index >= 15 is 0 Å². The molecule has 0 aromatic heterocycles. The van der Waals surface area contributed by atoms with E-state index < -0.39 is 178 Å². The topological polar surface area (TPSA) is 353 Å². The van der Waals surface area contributed by atoms with E-state index in [1.807, 2.05) is 0 Å². The minimum absolute atomic E-state index is 0.0354. The van der Waals surface area contributed by atoms with Gasteiger partial charge in [0.05, 0.1) is 37.1 Å². The van der Waals surface area contributed by atoms with Crippen molar-refractivity contribution in [1.29, 1.82) is 0 Å². The summed E-state index contributed by atoms with van der Waals surface area (Å²) in [6.07, 6.45) is -16.9. The van der Waals surface area contributed by atoms with E-state index in [1.54, 1.807) is 6.92 Å². The molecule has 91 heavy (non-hydrogen) atoms. The molecule has 25 nitrogen and oxygen atoms in total. The third kappa shape index (κ3) is 23.2. The van der Waals surface area contributed by atoms with Crippen LogP contribution >= 0.6 is 0 Å². The molecule has 6 aliphatic heterocycles. The standard InChI is InChI=1S/C66H116O25/c1-8-11-14-16-19-24-29-34-44(68)85-55-39(5)80-62(53(77)51(55)75)89-57-41(7)82-66(61(87-46(70)36-31-25-20-17-15-12-9-2)60(57)91-63-52(76)49(73)48(72)43(37-67)84-63)88-56-40(6)81-65-59(54(56)78)86-45(69)35-30-26-22-18-21-23-28-33-42(32-27-13-10-3)83-64-58(90-65)50(74)47(71)38(4)79-64/h38-43,47-67,71-78H,8-37H2,1-7H3. The number of carbonyl (C=O) groups excluding carboxylic acids is 3. The molecule has 26 unspecified atom stereocenters. The fourth-order valence-electron chi connectivity index (χ4n) is 13.0. The molecule has 0 amide bonds. The second kappa shape index (κ2) is 40.4. The van der Waals surface area contributed by atoms with Gasteiger partial charge in [-0.3, -0.25) is 14.4 Å². The zero-order valence-corrected chi connectivity index (χ0v) is 55.3.